The van der Waals surface area contributed by atoms with Crippen LogP contribution in [0.1, 0.15) is 23.0 Å². The summed E-state index contributed by atoms with van der Waals surface area (Å²) in [6, 6.07) is 1.80. The zero-order chi connectivity index (χ0) is 10.8. The highest BCUT2D eigenvalue weighted by Gasteiger charge is 2.03. The fourth-order valence-electron chi connectivity index (χ4n) is 1.32. The second kappa shape index (κ2) is 3.65. The highest BCUT2D eigenvalue weighted by Crippen LogP contribution is 2.09. The molecule has 0 saturated heterocycles. The number of pyridine rings is 1. The molecule has 0 atom stereocenters. The third-order valence-corrected chi connectivity index (χ3v) is 2.14. The number of hydrogen-bond acceptors (Lipinski definition) is 3. The second-order valence-electron chi connectivity index (χ2n) is 3.41. The molecule has 0 aliphatic heterocycles. The third-order valence-electron chi connectivity index (χ3n) is 2.14. The van der Waals surface area contributed by atoms with E-state index in [9.17, 15) is 4.79 Å². The van der Waals surface area contributed by atoms with E-state index < -0.39 is 0 Å². The molecule has 2 aromatic heterocycles. The highest BCUT2D eigenvalue weighted by molar-refractivity contribution is 5.94. The van der Waals surface area contributed by atoms with Gasteiger partial charge < -0.3 is 4.57 Å². The first-order valence-corrected chi connectivity index (χ1v) is 4.64. The van der Waals surface area contributed by atoms with Crippen LogP contribution in [0.25, 0.3) is 5.69 Å². The summed E-state index contributed by atoms with van der Waals surface area (Å²) in [6.45, 7) is 3.44. The largest absolute Gasteiger partial charge is 0.304 e. The molecule has 0 amide bonds. The molecular weight excluding hydrogens is 190 g/mol. The molecule has 4 heteroatoms. The van der Waals surface area contributed by atoms with Crippen molar-refractivity contribution < 1.29 is 4.79 Å². The number of nitrogens with zero attached hydrogens (tertiary/aromatic N) is 3. The average molecular weight is 201 g/mol. The van der Waals surface area contributed by atoms with Gasteiger partial charge in [-0.3, -0.25) is 9.78 Å². The predicted molar refractivity (Wildman–Crippen MR) is 56.1 cm³/mol. The van der Waals surface area contributed by atoms with Crippen LogP contribution in [0.5, 0.6) is 0 Å². The van der Waals surface area contributed by atoms with Crippen molar-refractivity contribution in [1.29, 1.82) is 0 Å². The van der Waals surface area contributed by atoms with Crippen LogP contribution >= 0.6 is 0 Å². The maximum Gasteiger partial charge on any atom is 0.161 e. The lowest BCUT2D eigenvalue weighted by Crippen LogP contribution is -1.97. The van der Waals surface area contributed by atoms with Crippen molar-refractivity contribution in [2.45, 2.75) is 13.8 Å². The summed E-state index contributed by atoms with van der Waals surface area (Å²) in [5.74, 6) is 0.0150. The molecule has 0 saturated carbocycles. The van der Waals surface area contributed by atoms with Crippen LogP contribution in [-0.2, 0) is 0 Å². The number of imidazole rings is 1. The number of Topliss-reactive ketones (excluding diaryl/α,β-unsaturated/α-hetero) is 1. The Morgan fingerprint density at radius 3 is 2.80 bits per heavy atom. The number of carbonyl (C=O) groups excluding carboxylic acids is 1. The smallest absolute Gasteiger partial charge is 0.161 e. The fraction of sp³-hybridized carbons (Fsp3) is 0.182. The van der Waals surface area contributed by atoms with Gasteiger partial charge >= 0.3 is 0 Å². The molecule has 0 unspecified atom stereocenters. The van der Waals surface area contributed by atoms with Crippen molar-refractivity contribution in [3.8, 4) is 5.69 Å². The zero-order valence-corrected chi connectivity index (χ0v) is 8.64. The predicted octanol–water partition coefficient (Wildman–Crippen LogP) is 1.78. The fourth-order valence-corrected chi connectivity index (χ4v) is 1.32. The number of ketones is 1. The van der Waals surface area contributed by atoms with E-state index in [1.54, 1.807) is 24.8 Å². The Balaban J connectivity index is 2.45. The van der Waals surface area contributed by atoms with Crippen molar-refractivity contribution in [2.24, 2.45) is 0 Å². The Morgan fingerprint density at radius 1 is 1.40 bits per heavy atom. The molecule has 0 N–H and O–H groups in total. The average Bonchev–Trinajstić information content (AvgIpc) is 2.65. The minimum atomic E-state index is 0.0150. The summed E-state index contributed by atoms with van der Waals surface area (Å²) >= 11 is 0. The topological polar surface area (TPSA) is 47.8 Å². The Hall–Kier alpha value is -1.97. The first-order chi connectivity index (χ1) is 7.16. The summed E-state index contributed by atoms with van der Waals surface area (Å²) < 4.78 is 1.84. The van der Waals surface area contributed by atoms with E-state index in [4.69, 9.17) is 0 Å². The van der Waals surface area contributed by atoms with Crippen LogP contribution in [0.4, 0.5) is 0 Å². The summed E-state index contributed by atoms with van der Waals surface area (Å²) in [4.78, 5) is 19.3. The molecule has 0 spiro atoms. The first-order valence-electron chi connectivity index (χ1n) is 4.64. The molecule has 0 aromatic carbocycles. The third kappa shape index (κ3) is 1.93. The maximum atomic E-state index is 11.2. The summed E-state index contributed by atoms with van der Waals surface area (Å²) in [5, 5.41) is 0. The molecule has 15 heavy (non-hydrogen) atoms. The molecule has 2 heterocycles. The Kier molecular flexibility index (Phi) is 2.33. The van der Waals surface area contributed by atoms with Gasteiger partial charge in [-0.05, 0) is 19.9 Å². The molecule has 76 valence electrons. The second-order valence-corrected chi connectivity index (χ2v) is 3.41. The van der Waals surface area contributed by atoms with Crippen molar-refractivity contribution in [1.82, 2.24) is 14.5 Å². The maximum absolute atomic E-state index is 11.2. The summed E-state index contributed by atoms with van der Waals surface area (Å²) in [5.41, 5.74) is 2.39. The number of hydrogen-bond donors (Lipinski definition) is 0. The minimum Gasteiger partial charge on any atom is -0.304 e. The van der Waals surface area contributed by atoms with Crippen molar-refractivity contribution in [3.05, 3.63) is 42.2 Å². The van der Waals surface area contributed by atoms with Crippen LogP contribution in [0, 0.1) is 6.92 Å². The lowest BCUT2D eigenvalue weighted by Gasteiger charge is -2.02. The molecule has 0 fully saturated rings. The van der Waals surface area contributed by atoms with E-state index >= 15 is 0 Å². The van der Waals surface area contributed by atoms with Crippen LogP contribution in [0.2, 0.25) is 0 Å². The number of rotatable bonds is 2. The van der Waals surface area contributed by atoms with Gasteiger partial charge in [-0.25, -0.2) is 4.98 Å². The molecule has 2 aromatic rings. The monoisotopic (exact) mass is 201 g/mol. The van der Waals surface area contributed by atoms with E-state index in [1.807, 2.05) is 17.7 Å². The van der Waals surface area contributed by atoms with Gasteiger partial charge in [-0.15, -0.1) is 0 Å². The van der Waals surface area contributed by atoms with Gasteiger partial charge in [-0.2, -0.15) is 0 Å². The van der Waals surface area contributed by atoms with E-state index in [2.05, 4.69) is 9.97 Å². The van der Waals surface area contributed by atoms with Gasteiger partial charge in [0, 0.05) is 18.0 Å². The van der Waals surface area contributed by atoms with E-state index in [0.717, 1.165) is 11.4 Å². The van der Waals surface area contributed by atoms with Gasteiger partial charge in [-0.1, -0.05) is 0 Å². The number of carbonyl (C=O) groups is 1. The molecule has 4 nitrogen and oxygen atoms in total. The van der Waals surface area contributed by atoms with Crippen LogP contribution in [0.3, 0.4) is 0 Å². The lowest BCUT2D eigenvalue weighted by molar-refractivity contribution is 0.101. The summed E-state index contributed by atoms with van der Waals surface area (Å²) in [7, 11) is 0. The van der Waals surface area contributed by atoms with Gasteiger partial charge in [0.2, 0.25) is 0 Å². The van der Waals surface area contributed by atoms with Crippen molar-refractivity contribution >= 4 is 5.78 Å². The standard InChI is InChI=1S/C11H11N3O/c1-8-6-14(7-13-8)11-3-10(9(2)15)4-12-5-11/h3-7H,1-2H3. The Bertz CT molecular complexity index is 502. The van der Waals surface area contributed by atoms with Crippen molar-refractivity contribution in [2.75, 3.05) is 0 Å². The number of aryl methyl sites for hydroxylation is 1. The lowest BCUT2D eigenvalue weighted by atomic mass is 10.2. The molecule has 0 aliphatic carbocycles. The number of aromatic nitrogens is 3. The quantitative estimate of drug-likeness (QED) is 0.696. The van der Waals surface area contributed by atoms with Crippen molar-refractivity contribution in [3.63, 3.8) is 0 Å². The first kappa shape index (κ1) is 9.58. The van der Waals surface area contributed by atoms with E-state index in [-0.39, 0.29) is 5.78 Å². The molecular formula is C11H11N3O. The van der Waals surface area contributed by atoms with Crippen LogP contribution in [-0.4, -0.2) is 20.3 Å². The minimum absolute atomic E-state index is 0.0150. The SMILES string of the molecule is CC(=O)c1cncc(-n2cnc(C)c2)c1. The molecule has 0 radical (unpaired) electrons. The van der Waals surface area contributed by atoms with Crippen LogP contribution < -0.4 is 0 Å². The van der Waals surface area contributed by atoms with E-state index in [0.29, 0.717) is 5.56 Å². The molecule has 2 rings (SSSR count). The van der Waals surface area contributed by atoms with Gasteiger partial charge in [0.05, 0.1) is 23.9 Å². The summed E-state index contributed by atoms with van der Waals surface area (Å²) in [6.07, 6.45) is 6.86. The highest BCUT2D eigenvalue weighted by atomic mass is 16.1. The van der Waals surface area contributed by atoms with Gasteiger partial charge in [0.15, 0.2) is 5.78 Å². The Labute approximate surface area is 87.6 Å². The Morgan fingerprint density at radius 2 is 2.20 bits per heavy atom. The van der Waals surface area contributed by atoms with E-state index in [1.165, 1.54) is 6.92 Å². The van der Waals surface area contributed by atoms with Crippen LogP contribution in [0.15, 0.2) is 31.0 Å². The zero-order valence-electron chi connectivity index (χ0n) is 8.64. The molecule has 0 bridgehead atoms. The normalized spacial score (nSPS) is 10.3. The van der Waals surface area contributed by atoms with Gasteiger partial charge in [0.25, 0.3) is 0 Å². The molecule has 0 aliphatic rings. The van der Waals surface area contributed by atoms with Gasteiger partial charge in [0.1, 0.15) is 0 Å².